The first kappa shape index (κ1) is 19.6. The van der Waals surface area contributed by atoms with Crippen LogP contribution in [0.3, 0.4) is 0 Å². The van der Waals surface area contributed by atoms with Gasteiger partial charge in [0, 0.05) is 6.07 Å². The van der Waals surface area contributed by atoms with E-state index in [-0.39, 0.29) is 22.5 Å². The standard InChI is InChI=1S/C22H21FO5/c1-3-5-12-26-17-11-10-16-13-18(28-22(25)19(16)20(17)23)27-21(24)15-8-6-14(4-2)7-9-15/h6-11,13H,3-5,12H2,1-2H3. The number of carbonyl (C=O) groups is 1. The summed E-state index contributed by atoms with van der Waals surface area (Å²) in [4.78, 5) is 24.5. The van der Waals surface area contributed by atoms with Gasteiger partial charge in [-0.1, -0.05) is 32.4 Å². The van der Waals surface area contributed by atoms with Gasteiger partial charge < -0.3 is 13.9 Å². The maximum atomic E-state index is 14.6. The van der Waals surface area contributed by atoms with Crippen LogP contribution in [0.25, 0.3) is 10.8 Å². The molecule has 0 saturated heterocycles. The Kier molecular flexibility index (Phi) is 6.09. The lowest BCUT2D eigenvalue weighted by atomic mass is 10.1. The van der Waals surface area contributed by atoms with E-state index >= 15 is 0 Å². The summed E-state index contributed by atoms with van der Waals surface area (Å²) in [7, 11) is 0. The average molecular weight is 384 g/mol. The molecule has 0 fully saturated rings. The van der Waals surface area contributed by atoms with E-state index in [1.807, 2.05) is 26.0 Å². The van der Waals surface area contributed by atoms with Gasteiger partial charge in [0.05, 0.1) is 12.2 Å². The van der Waals surface area contributed by atoms with Crippen LogP contribution in [0.4, 0.5) is 4.39 Å². The molecule has 3 aromatic rings. The first-order valence-electron chi connectivity index (χ1n) is 9.23. The van der Waals surface area contributed by atoms with Crippen LogP contribution in [0, 0.1) is 5.82 Å². The van der Waals surface area contributed by atoms with Crippen molar-refractivity contribution in [1.29, 1.82) is 0 Å². The number of hydrogen-bond donors (Lipinski definition) is 0. The van der Waals surface area contributed by atoms with Gasteiger partial charge in [0.15, 0.2) is 11.6 Å². The highest BCUT2D eigenvalue weighted by Crippen LogP contribution is 2.27. The van der Waals surface area contributed by atoms with Crippen molar-refractivity contribution in [2.45, 2.75) is 33.1 Å². The summed E-state index contributed by atoms with van der Waals surface area (Å²) in [5.41, 5.74) is 0.479. The topological polar surface area (TPSA) is 65.7 Å². The van der Waals surface area contributed by atoms with Crippen molar-refractivity contribution in [3.05, 3.63) is 69.8 Å². The van der Waals surface area contributed by atoms with Crippen molar-refractivity contribution < 1.29 is 23.1 Å². The quantitative estimate of drug-likeness (QED) is 0.428. The van der Waals surface area contributed by atoms with Crippen molar-refractivity contribution in [3.8, 4) is 11.7 Å². The third kappa shape index (κ3) is 4.22. The fourth-order valence-corrected chi connectivity index (χ4v) is 2.71. The van der Waals surface area contributed by atoms with Crippen molar-refractivity contribution in [3.63, 3.8) is 0 Å². The van der Waals surface area contributed by atoms with Gasteiger partial charge in [0.2, 0.25) is 0 Å². The molecule has 146 valence electrons. The second-order valence-corrected chi connectivity index (χ2v) is 6.34. The maximum absolute atomic E-state index is 14.6. The molecule has 1 aromatic heterocycles. The third-order valence-electron chi connectivity index (χ3n) is 4.36. The van der Waals surface area contributed by atoms with Gasteiger partial charge in [0.1, 0.15) is 5.39 Å². The van der Waals surface area contributed by atoms with E-state index < -0.39 is 17.4 Å². The van der Waals surface area contributed by atoms with Crippen molar-refractivity contribution in [1.82, 2.24) is 0 Å². The molecule has 0 aliphatic heterocycles. The minimum absolute atomic E-state index is 0.00555. The average Bonchev–Trinajstić information content (AvgIpc) is 2.69. The SMILES string of the molecule is CCCCOc1ccc2cc(OC(=O)c3ccc(CC)cc3)oc(=O)c2c1F. The van der Waals surface area contributed by atoms with Gasteiger partial charge in [0.25, 0.3) is 5.95 Å². The summed E-state index contributed by atoms with van der Waals surface area (Å²) in [6.07, 6.45) is 2.54. The molecule has 0 bridgehead atoms. The number of halogens is 1. The van der Waals surface area contributed by atoms with Gasteiger partial charge in [-0.15, -0.1) is 0 Å². The summed E-state index contributed by atoms with van der Waals surface area (Å²) in [5.74, 6) is -1.74. The summed E-state index contributed by atoms with van der Waals surface area (Å²) < 4.78 is 30.1. The number of fused-ring (bicyclic) bond motifs is 1. The molecular weight excluding hydrogens is 363 g/mol. The molecule has 0 amide bonds. The molecular formula is C22H21FO5. The Morgan fingerprint density at radius 1 is 1.11 bits per heavy atom. The molecule has 0 aliphatic rings. The number of ether oxygens (including phenoxy) is 2. The van der Waals surface area contributed by atoms with E-state index in [0.29, 0.717) is 12.2 Å². The summed E-state index contributed by atoms with van der Waals surface area (Å²) in [5, 5.41) is 0.0295. The minimum Gasteiger partial charge on any atom is -0.490 e. The maximum Gasteiger partial charge on any atom is 0.349 e. The van der Waals surface area contributed by atoms with E-state index in [9.17, 15) is 14.0 Å². The van der Waals surface area contributed by atoms with E-state index in [4.69, 9.17) is 13.9 Å². The summed E-state index contributed by atoms with van der Waals surface area (Å²) in [6, 6.07) is 11.2. The molecule has 5 nitrogen and oxygen atoms in total. The predicted molar refractivity (Wildman–Crippen MR) is 104 cm³/mol. The molecule has 0 atom stereocenters. The molecule has 2 aromatic carbocycles. The normalized spacial score (nSPS) is 10.8. The molecule has 0 N–H and O–H groups in total. The molecule has 0 spiro atoms. The monoisotopic (exact) mass is 384 g/mol. The molecule has 3 rings (SSSR count). The van der Waals surface area contributed by atoms with Crippen LogP contribution in [0.15, 0.2) is 51.7 Å². The zero-order valence-electron chi connectivity index (χ0n) is 15.8. The Morgan fingerprint density at radius 3 is 2.54 bits per heavy atom. The number of aryl methyl sites for hydroxylation is 1. The second-order valence-electron chi connectivity index (χ2n) is 6.34. The van der Waals surface area contributed by atoms with Gasteiger partial charge >= 0.3 is 11.6 Å². The van der Waals surface area contributed by atoms with Crippen LogP contribution < -0.4 is 15.1 Å². The van der Waals surface area contributed by atoms with Crippen molar-refractivity contribution >= 4 is 16.7 Å². The first-order valence-corrected chi connectivity index (χ1v) is 9.23. The van der Waals surface area contributed by atoms with E-state index in [1.165, 1.54) is 18.2 Å². The summed E-state index contributed by atoms with van der Waals surface area (Å²) in [6.45, 7) is 4.36. The third-order valence-corrected chi connectivity index (χ3v) is 4.36. The van der Waals surface area contributed by atoms with Crippen LogP contribution in [0.5, 0.6) is 11.7 Å². The zero-order valence-corrected chi connectivity index (χ0v) is 15.8. The lowest BCUT2D eigenvalue weighted by molar-refractivity contribution is 0.0688. The molecule has 0 saturated carbocycles. The van der Waals surface area contributed by atoms with Crippen molar-refractivity contribution in [2.24, 2.45) is 0 Å². The molecule has 0 radical (unpaired) electrons. The van der Waals surface area contributed by atoms with Crippen LogP contribution in [-0.2, 0) is 6.42 Å². The van der Waals surface area contributed by atoms with Gasteiger partial charge in [-0.3, -0.25) is 0 Å². The zero-order chi connectivity index (χ0) is 20.1. The van der Waals surface area contributed by atoms with Crippen LogP contribution >= 0.6 is 0 Å². The Morgan fingerprint density at radius 2 is 1.86 bits per heavy atom. The number of hydrogen-bond acceptors (Lipinski definition) is 5. The highest BCUT2D eigenvalue weighted by Gasteiger charge is 2.17. The van der Waals surface area contributed by atoms with Gasteiger partial charge in [-0.25, -0.2) is 14.0 Å². The Bertz CT molecular complexity index is 1040. The molecule has 28 heavy (non-hydrogen) atoms. The number of benzene rings is 2. The Hall–Kier alpha value is -3.15. The molecule has 6 heteroatoms. The smallest absolute Gasteiger partial charge is 0.349 e. The molecule has 0 unspecified atom stereocenters. The number of unbranched alkanes of at least 4 members (excludes halogenated alkanes) is 1. The molecule has 1 heterocycles. The molecule has 0 aliphatic carbocycles. The van der Waals surface area contributed by atoms with Crippen LogP contribution in [-0.4, -0.2) is 12.6 Å². The van der Waals surface area contributed by atoms with Gasteiger partial charge in [-0.05, 0) is 48.1 Å². The lowest BCUT2D eigenvalue weighted by Gasteiger charge is -2.09. The van der Waals surface area contributed by atoms with E-state index in [0.717, 1.165) is 24.8 Å². The minimum atomic E-state index is -0.930. The number of carbonyl (C=O) groups excluding carboxylic acids is 1. The van der Waals surface area contributed by atoms with Gasteiger partial charge in [-0.2, -0.15) is 0 Å². The van der Waals surface area contributed by atoms with Crippen LogP contribution in [0.1, 0.15) is 42.6 Å². The largest absolute Gasteiger partial charge is 0.490 e. The highest BCUT2D eigenvalue weighted by atomic mass is 19.1. The number of rotatable bonds is 7. The fraction of sp³-hybridized carbons (Fsp3) is 0.273. The van der Waals surface area contributed by atoms with E-state index in [1.54, 1.807) is 12.1 Å². The highest BCUT2D eigenvalue weighted by molar-refractivity contribution is 5.91. The Balaban J connectivity index is 1.86. The Labute approximate surface area is 161 Å². The fourth-order valence-electron chi connectivity index (χ4n) is 2.71. The first-order chi connectivity index (χ1) is 13.5. The number of esters is 1. The van der Waals surface area contributed by atoms with E-state index in [2.05, 4.69) is 0 Å². The van der Waals surface area contributed by atoms with Crippen LogP contribution in [0.2, 0.25) is 0 Å². The van der Waals surface area contributed by atoms with Crippen molar-refractivity contribution in [2.75, 3.05) is 6.61 Å². The summed E-state index contributed by atoms with van der Waals surface area (Å²) >= 11 is 0. The predicted octanol–water partition coefficient (Wildman–Crippen LogP) is 4.89. The lowest BCUT2D eigenvalue weighted by Crippen LogP contribution is -2.11. The second kappa shape index (κ2) is 8.69.